The average Bonchev–Trinajstić information content (AvgIpc) is 2.82. The summed E-state index contributed by atoms with van der Waals surface area (Å²) in [6.07, 6.45) is 14.3. The number of hydrogen-bond acceptors (Lipinski definition) is 7. The van der Waals surface area contributed by atoms with Gasteiger partial charge < -0.3 is 35.3 Å². The molecule has 5 N–H and O–H groups in total. The Kier molecular flexibility index (Phi) is 21.7. The van der Waals surface area contributed by atoms with Crippen LogP contribution in [-0.4, -0.2) is 70.4 Å². The van der Waals surface area contributed by atoms with Gasteiger partial charge in [0.15, 0.2) is 0 Å². The highest BCUT2D eigenvalue weighted by Crippen LogP contribution is 2.13. The van der Waals surface area contributed by atoms with Crippen LogP contribution in [0.2, 0.25) is 0 Å². The van der Waals surface area contributed by atoms with E-state index in [4.69, 9.17) is 9.84 Å². The normalized spacial score (nSPS) is 14.9. The molecule has 0 radical (unpaired) electrons. The number of carbonyl (C=O) groups is 2. The molecule has 0 aromatic carbocycles. The Bertz CT molecular complexity index is 464. The van der Waals surface area contributed by atoms with Gasteiger partial charge in [-0.15, -0.1) is 0 Å². The Labute approximate surface area is 200 Å². The van der Waals surface area contributed by atoms with E-state index < -0.39 is 37.1 Å². The quantitative estimate of drug-likeness (QED) is 0.112. The fraction of sp³-hybridized carbons (Fsp3) is 0.920. The number of ether oxygens (including phenoxy) is 1. The van der Waals surface area contributed by atoms with Crippen LogP contribution in [0.5, 0.6) is 0 Å². The molecule has 0 saturated carbocycles. The number of carbonyl (C=O) groups excluding carboxylic acids is 2. The maximum atomic E-state index is 11.7. The smallest absolute Gasteiger partial charge is 0.407 e. The van der Waals surface area contributed by atoms with Gasteiger partial charge >= 0.3 is 6.09 Å². The number of aliphatic hydroxyl groups excluding tert-OH is 4. The van der Waals surface area contributed by atoms with Crippen molar-refractivity contribution < 1.29 is 34.8 Å². The third-order valence-corrected chi connectivity index (χ3v) is 5.96. The van der Waals surface area contributed by atoms with E-state index in [-0.39, 0.29) is 12.9 Å². The summed E-state index contributed by atoms with van der Waals surface area (Å²) in [4.78, 5) is 22.8. The maximum absolute atomic E-state index is 11.7. The van der Waals surface area contributed by atoms with E-state index in [1.54, 1.807) is 0 Å². The molecule has 4 atom stereocenters. The second-order valence-corrected chi connectivity index (χ2v) is 8.98. The van der Waals surface area contributed by atoms with Crippen LogP contribution in [0.15, 0.2) is 0 Å². The fourth-order valence-electron chi connectivity index (χ4n) is 3.74. The molecule has 0 heterocycles. The van der Waals surface area contributed by atoms with Crippen molar-refractivity contribution in [3.05, 3.63) is 0 Å². The molecule has 8 nitrogen and oxygen atoms in total. The van der Waals surface area contributed by atoms with Gasteiger partial charge in [0.2, 0.25) is 0 Å². The van der Waals surface area contributed by atoms with E-state index in [9.17, 15) is 24.9 Å². The highest BCUT2D eigenvalue weighted by molar-refractivity contribution is 5.73. The van der Waals surface area contributed by atoms with Crippen LogP contribution in [0.3, 0.4) is 0 Å². The van der Waals surface area contributed by atoms with E-state index in [2.05, 4.69) is 12.2 Å². The van der Waals surface area contributed by atoms with Crippen LogP contribution in [0.25, 0.3) is 0 Å². The number of aliphatic hydroxyl groups is 4. The molecule has 0 unspecified atom stereocenters. The Morgan fingerprint density at radius 2 is 1.18 bits per heavy atom. The SMILES string of the molecule is CCCCCCCCCCCCCCCCCCOC(=O)N[C@@H](C=O)[C@@H](O)[C@H](O)[C@H](O)CO. The summed E-state index contributed by atoms with van der Waals surface area (Å²) in [6, 6.07) is -1.44. The standard InChI is InChI=1S/C25H49NO7/c1-2-3-4-5-6-7-8-9-10-11-12-13-14-15-16-17-18-33-25(32)26-21(19-27)23(30)24(31)22(29)20-28/h19,21-24,28-31H,2-18,20H2,1H3,(H,26,32)/t21-,22+,23+,24+/m0/s1. The van der Waals surface area contributed by atoms with Gasteiger partial charge in [-0.2, -0.15) is 0 Å². The van der Waals surface area contributed by atoms with Gasteiger partial charge in [0.1, 0.15) is 30.6 Å². The van der Waals surface area contributed by atoms with Gasteiger partial charge in [-0.05, 0) is 6.42 Å². The van der Waals surface area contributed by atoms with Crippen LogP contribution in [0, 0.1) is 0 Å². The number of nitrogens with one attached hydrogen (secondary N) is 1. The Morgan fingerprint density at radius 3 is 1.58 bits per heavy atom. The molecule has 0 spiro atoms. The Hall–Kier alpha value is -1.22. The molecule has 0 aromatic rings. The lowest BCUT2D eigenvalue weighted by Gasteiger charge is -2.25. The number of amides is 1. The zero-order chi connectivity index (χ0) is 24.7. The predicted molar refractivity (Wildman–Crippen MR) is 129 cm³/mol. The topological polar surface area (TPSA) is 136 Å². The molecule has 8 heteroatoms. The van der Waals surface area contributed by atoms with E-state index in [0.29, 0.717) is 6.42 Å². The summed E-state index contributed by atoms with van der Waals surface area (Å²) in [7, 11) is 0. The summed E-state index contributed by atoms with van der Waals surface area (Å²) in [6.45, 7) is 1.67. The second-order valence-electron chi connectivity index (χ2n) is 8.98. The van der Waals surface area contributed by atoms with E-state index in [1.807, 2.05) is 0 Å². The zero-order valence-corrected chi connectivity index (χ0v) is 20.6. The Balaban J connectivity index is 3.55. The summed E-state index contributed by atoms with van der Waals surface area (Å²) in [5, 5.41) is 39.7. The average molecular weight is 476 g/mol. The molecule has 0 rings (SSSR count). The third-order valence-electron chi connectivity index (χ3n) is 5.96. The minimum atomic E-state index is -1.77. The van der Waals surface area contributed by atoms with Gasteiger partial charge in [0.05, 0.1) is 13.2 Å². The first-order chi connectivity index (χ1) is 16.0. The van der Waals surface area contributed by atoms with Crippen molar-refractivity contribution in [3.8, 4) is 0 Å². The molecule has 0 bridgehead atoms. The van der Waals surface area contributed by atoms with Crippen LogP contribution in [0.4, 0.5) is 4.79 Å². The molecular weight excluding hydrogens is 426 g/mol. The second kappa shape index (κ2) is 22.6. The molecular formula is C25H49NO7. The van der Waals surface area contributed by atoms with E-state index >= 15 is 0 Å². The first kappa shape index (κ1) is 31.8. The predicted octanol–water partition coefficient (Wildman–Crippen LogP) is 3.62. The highest BCUT2D eigenvalue weighted by Gasteiger charge is 2.32. The minimum absolute atomic E-state index is 0.202. The van der Waals surface area contributed by atoms with Crippen molar-refractivity contribution in [2.24, 2.45) is 0 Å². The monoisotopic (exact) mass is 475 g/mol. The van der Waals surface area contributed by atoms with Gasteiger partial charge in [0.25, 0.3) is 0 Å². The van der Waals surface area contributed by atoms with Gasteiger partial charge in [0, 0.05) is 0 Å². The molecule has 33 heavy (non-hydrogen) atoms. The van der Waals surface area contributed by atoms with Crippen LogP contribution < -0.4 is 5.32 Å². The van der Waals surface area contributed by atoms with Crippen molar-refractivity contribution >= 4 is 12.4 Å². The van der Waals surface area contributed by atoms with Crippen molar-refractivity contribution in [2.75, 3.05) is 13.2 Å². The van der Waals surface area contributed by atoms with E-state index in [1.165, 1.54) is 83.5 Å². The van der Waals surface area contributed by atoms with Crippen LogP contribution in [-0.2, 0) is 9.53 Å². The molecule has 0 aliphatic rings. The summed E-state index contributed by atoms with van der Waals surface area (Å²) < 4.78 is 5.00. The summed E-state index contributed by atoms with van der Waals surface area (Å²) in [5.74, 6) is 0. The molecule has 0 aliphatic carbocycles. The largest absolute Gasteiger partial charge is 0.450 e. The molecule has 0 aromatic heterocycles. The number of aldehydes is 1. The lowest BCUT2D eigenvalue weighted by Crippen LogP contribution is -2.53. The first-order valence-electron chi connectivity index (χ1n) is 13.0. The molecule has 0 saturated heterocycles. The van der Waals surface area contributed by atoms with Crippen LogP contribution >= 0.6 is 0 Å². The van der Waals surface area contributed by atoms with Gasteiger partial charge in [-0.1, -0.05) is 103 Å². The highest BCUT2D eigenvalue weighted by atomic mass is 16.5. The van der Waals surface area contributed by atoms with Crippen LogP contribution in [0.1, 0.15) is 110 Å². The Morgan fingerprint density at radius 1 is 0.758 bits per heavy atom. The lowest BCUT2D eigenvalue weighted by molar-refractivity contribution is -0.120. The molecule has 1 amide bonds. The number of unbranched alkanes of at least 4 members (excludes halogenated alkanes) is 15. The lowest BCUT2D eigenvalue weighted by atomic mass is 10.0. The molecule has 0 aliphatic heterocycles. The molecule has 196 valence electrons. The number of alkyl carbamates (subject to hydrolysis) is 1. The summed E-state index contributed by atoms with van der Waals surface area (Å²) in [5.41, 5.74) is 0. The van der Waals surface area contributed by atoms with Gasteiger partial charge in [-0.3, -0.25) is 0 Å². The molecule has 0 fully saturated rings. The zero-order valence-electron chi connectivity index (χ0n) is 20.6. The van der Waals surface area contributed by atoms with Crippen molar-refractivity contribution in [2.45, 2.75) is 134 Å². The van der Waals surface area contributed by atoms with E-state index in [0.717, 1.165) is 12.8 Å². The summed E-state index contributed by atoms with van der Waals surface area (Å²) >= 11 is 0. The van der Waals surface area contributed by atoms with Crippen molar-refractivity contribution in [3.63, 3.8) is 0 Å². The maximum Gasteiger partial charge on any atom is 0.407 e. The first-order valence-corrected chi connectivity index (χ1v) is 13.0. The number of rotatable bonds is 23. The van der Waals surface area contributed by atoms with Crippen molar-refractivity contribution in [1.82, 2.24) is 5.32 Å². The minimum Gasteiger partial charge on any atom is -0.450 e. The van der Waals surface area contributed by atoms with Gasteiger partial charge in [-0.25, -0.2) is 4.79 Å². The number of hydrogen-bond donors (Lipinski definition) is 5. The third kappa shape index (κ3) is 17.9. The van der Waals surface area contributed by atoms with Crippen molar-refractivity contribution in [1.29, 1.82) is 0 Å². The fourth-order valence-corrected chi connectivity index (χ4v) is 3.74.